The highest BCUT2D eigenvalue weighted by molar-refractivity contribution is 9.10. The molecule has 31 heavy (non-hydrogen) atoms. The van der Waals surface area contributed by atoms with Crippen molar-refractivity contribution in [2.75, 3.05) is 17.3 Å². The summed E-state index contributed by atoms with van der Waals surface area (Å²) in [5, 5.41) is 12.0. The number of nitrogens with two attached hydrogens (primary N) is 1. The molecular formula is C21H19BrN6O2S. The van der Waals surface area contributed by atoms with Crippen LogP contribution < -0.4 is 11.1 Å². The second-order valence-corrected chi connectivity index (χ2v) is 8.48. The van der Waals surface area contributed by atoms with Crippen molar-refractivity contribution >= 4 is 45.1 Å². The number of nitrogens with zero attached hydrogens (tertiary/aromatic N) is 4. The Morgan fingerprint density at radius 1 is 1.19 bits per heavy atom. The summed E-state index contributed by atoms with van der Waals surface area (Å²) in [5.74, 6) is 0.759. The zero-order valence-electron chi connectivity index (χ0n) is 16.8. The second kappa shape index (κ2) is 8.94. The van der Waals surface area contributed by atoms with Gasteiger partial charge in [-0.15, -0.1) is 11.8 Å². The summed E-state index contributed by atoms with van der Waals surface area (Å²) >= 11 is 4.76. The van der Waals surface area contributed by atoms with Crippen LogP contribution in [0.15, 0.2) is 62.6 Å². The third kappa shape index (κ3) is 4.64. The molecule has 0 bridgehead atoms. The number of carbonyl (C=O) groups excluding carboxylic acids is 1. The largest absolute Gasteiger partial charge is 0.383 e. The van der Waals surface area contributed by atoms with Gasteiger partial charge in [0.25, 0.3) is 5.89 Å². The van der Waals surface area contributed by atoms with Crippen LogP contribution in [-0.2, 0) is 11.3 Å². The lowest BCUT2D eigenvalue weighted by Gasteiger charge is -2.06. The monoisotopic (exact) mass is 498 g/mol. The number of carbonyl (C=O) groups is 1. The number of aryl methyl sites for hydroxylation is 1. The molecule has 2 aromatic carbocycles. The van der Waals surface area contributed by atoms with Gasteiger partial charge in [-0.3, -0.25) is 4.79 Å². The van der Waals surface area contributed by atoms with E-state index in [1.165, 1.54) is 16.4 Å². The van der Waals surface area contributed by atoms with Crippen LogP contribution in [0.5, 0.6) is 0 Å². The van der Waals surface area contributed by atoms with Gasteiger partial charge < -0.3 is 15.6 Å². The Kier molecular flexibility index (Phi) is 6.10. The average molecular weight is 499 g/mol. The smallest absolute Gasteiger partial charge is 0.264 e. The van der Waals surface area contributed by atoms with Gasteiger partial charge in [-0.05, 0) is 37.4 Å². The SMILES string of the molecule is CSc1nn(CC(=O)Nc2ccc(Br)cc2)c(N)c1-c1nc(-c2ccc(C)cc2)no1. The van der Waals surface area contributed by atoms with E-state index < -0.39 is 0 Å². The third-order valence-corrected chi connectivity index (χ3v) is 5.73. The van der Waals surface area contributed by atoms with E-state index in [1.54, 1.807) is 12.1 Å². The minimum Gasteiger partial charge on any atom is -0.383 e. The molecule has 3 N–H and O–H groups in total. The van der Waals surface area contributed by atoms with Crippen molar-refractivity contribution in [3.05, 3.63) is 58.6 Å². The summed E-state index contributed by atoms with van der Waals surface area (Å²) in [6.07, 6.45) is 1.87. The van der Waals surface area contributed by atoms with Crippen LogP contribution in [0, 0.1) is 6.92 Å². The van der Waals surface area contributed by atoms with Crippen molar-refractivity contribution in [1.82, 2.24) is 19.9 Å². The van der Waals surface area contributed by atoms with Crippen LogP contribution in [0.2, 0.25) is 0 Å². The highest BCUT2D eigenvalue weighted by atomic mass is 79.9. The summed E-state index contributed by atoms with van der Waals surface area (Å²) in [6.45, 7) is 1.96. The number of nitrogens with one attached hydrogen (secondary N) is 1. The van der Waals surface area contributed by atoms with Crippen molar-refractivity contribution in [3.8, 4) is 22.8 Å². The average Bonchev–Trinajstić information content (AvgIpc) is 3.35. The molecule has 2 heterocycles. The summed E-state index contributed by atoms with van der Waals surface area (Å²) in [4.78, 5) is 17.0. The van der Waals surface area contributed by atoms with Gasteiger partial charge in [-0.2, -0.15) is 10.1 Å². The molecule has 4 rings (SSSR count). The number of hydrogen-bond donors (Lipinski definition) is 2. The lowest BCUT2D eigenvalue weighted by atomic mass is 10.1. The number of halogens is 1. The van der Waals surface area contributed by atoms with Crippen LogP contribution >= 0.6 is 27.7 Å². The van der Waals surface area contributed by atoms with E-state index in [9.17, 15) is 4.79 Å². The predicted octanol–water partition coefficient (Wildman–Crippen LogP) is 4.61. The Labute approximate surface area is 191 Å². The van der Waals surface area contributed by atoms with Gasteiger partial charge >= 0.3 is 0 Å². The van der Waals surface area contributed by atoms with Gasteiger partial charge in [0.15, 0.2) is 0 Å². The highest BCUT2D eigenvalue weighted by Crippen LogP contribution is 2.34. The van der Waals surface area contributed by atoms with Crippen LogP contribution in [0.1, 0.15) is 5.56 Å². The van der Waals surface area contributed by atoms with Gasteiger partial charge in [-0.25, -0.2) is 4.68 Å². The van der Waals surface area contributed by atoms with E-state index in [0.717, 1.165) is 15.6 Å². The minimum absolute atomic E-state index is 0.0472. The first kappa shape index (κ1) is 21.1. The standard InChI is InChI=1S/C21H19BrN6O2S/c1-12-3-5-13(6-4-12)19-25-20(30-27-19)17-18(23)28(26-21(17)31-2)11-16(29)24-15-9-7-14(22)8-10-15/h3-10H,11,23H2,1-2H3,(H,24,29). The summed E-state index contributed by atoms with van der Waals surface area (Å²) in [6, 6.07) is 15.1. The quantitative estimate of drug-likeness (QED) is 0.373. The molecule has 0 saturated carbocycles. The van der Waals surface area contributed by atoms with Gasteiger partial charge in [0.2, 0.25) is 11.7 Å². The predicted molar refractivity (Wildman–Crippen MR) is 125 cm³/mol. The van der Waals surface area contributed by atoms with Gasteiger partial charge in [0, 0.05) is 15.7 Å². The Morgan fingerprint density at radius 3 is 2.58 bits per heavy atom. The normalized spacial score (nSPS) is 10.9. The van der Waals surface area contributed by atoms with Crippen LogP contribution in [0.3, 0.4) is 0 Å². The maximum Gasteiger partial charge on any atom is 0.264 e. The summed E-state index contributed by atoms with van der Waals surface area (Å²) < 4.78 is 7.84. The molecule has 0 fully saturated rings. The molecule has 1 amide bonds. The van der Waals surface area contributed by atoms with Gasteiger partial charge in [-0.1, -0.05) is 50.9 Å². The number of benzene rings is 2. The molecular weight excluding hydrogens is 480 g/mol. The first-order valence-electron chi connectivity index (χ1n) is 9.31. The number of anilines is 2. The lowest BCUT2D eigenvalue weighted by molar-refractivity contribution is -0.116. The summed E-state index contributed by atoms with van der Waals surface area (Å²) in [5.41, 5.74) is 9.50. The molecule has 0 aliphatic rings. The van der Waals surface area contributed by atoms with E-state index >= 15 is 0 Å². The molecule has 0 aliphatic carbocycles. The van der Waals surface area contributed by atoms with E-state index in [1.807, 2.05) is 49.6 Å². The maximum atomic E-state index is 12.5. The number of hydrogen-bond acceptors (Lipinski definition) is 7. The molecule has 0 unspecified atom stereocenters. The number of nitrogen functional groups attached to an aromatic ring is 1. The van der Waals surface area contributed by atoms with Crippen molar-refractivity contribution in [2.45, 2.75) is 18.5 Å². The van der Waals surface area contributed by atoms with Crippen molar-refractivity contribution in [3.63, 3.8) is 0 Å². The maximum absolute atomic E-state index is 12.5. The Morgan fingerprint density at radius 2 is 1.90 bits per heavy atom. The van der Waals surface area contributed by atoms with Crippen LogP contribution in [0.25, 0.3) is 22.8 Å². The molecule has 158 valence electrons. The van der Waals surface area contributed by atoms with E-state index in [4.69, 9.17) is 10.3 Å². The zero-order chi connectivity index (χ0) is 22.0. The molecule has 8 nitrogen and oxygen atoms in total. The number of amides is 1. The van der Waals surface area contributed by atoms with Crippen LogP contribution in [-0.4, -0.2) is 32.1 Å². The fourth-order valence-electron chi connectivity index (χ4n) is 2.93. The van der Waals surface area contributed by atoms with Gasteiger partial charge in [0.05, 0.1) is 0 Å². The minimum atomic E-state index is -0.249. The Balaban J connectivity index is 1.58. The Bertz CT molecular complexity index is 1220. The fraction of sp³-hybridized carbons (Fsp3) is 0.143. The lowest BCUT2D eigenvalue weighted by Crippen LogP contribution is -2.20. The number of thioether (sulfide) groups is 1. The van der Waals surface area contributed by atoms with E-state index in [0.29, 0.717) is 22.1 Å². The highest BCUT2D eigenvalue weighted by Gasteiger charge is 2.23. The molecule has 0 radical (unpaired) electrons. The van der Waals surface area contributed by atoms with Crippen LogP contribution in [0.4, 0.5) is 11.5 Å². The van der Waals surface area contributed by atoms with Crippen molar-refractivity contribution < 1.29 is 9.32 Å². The number of rotatable bonds is 6. The van der Waals surface area contributed by atoms with E-state index in [-0.39, 0.29) is 24.2 Å². The number of aromatic nitrogens is 4. The summed E-state index contributed by atoms with van der Waals surface area (Å²) in [7, 11) is 0. The molecule has 0 atom stereocenters. The topological polar surface area (TPSA) is 112 Å². The first-order chi connectivity index (χ1) is 14.9. The second-order valence-electron chi connectivity index (χ2n) is 6.77. The first-order valence-corrected chi connectivity index (χ1v) is 11.3. The third-order valence-electron chi connectivity index (χ3n) is 4.52. The zero-order valence-corrected chi connectivity index (χ0v) is 19.2. The van der Waals surface area contributed by atoms with Gasteiger partial charge in [0.1, 0.15) is 23.0 Å². The molecule has 0 spiro atoms. The molecule has 0 saturated heterocycles. The van der Waals surface area contributed by atoms with Crippen molar-refractivity contribution in [1.29, 1.82) is 0 Å². The molecule has 0 aliphatic heterocycles. The van der Waals surface area contributed by atoms with E-state index in [2.05, 4.69) is 36.5 Å². The fourth-order valence-corrected chi connectivity index (χ4v) is 3.77. The Hall–Kier alpha value is -3.11. The molecule has 4 aromatic rings. The molecule has 2 aromatic heterocycles. The molecule has 10 heteroatoms. The van der Waals surface area contributed by atoms with Crippen molar-refractivity contribution in [2.24, 2.45) is 0 Å².